The van der Waals surface area contributed by atoms with Gasteiger partial charge in [0.15, 0.2) is 0 Å². The van der Waals surface area contributed by atoms with Crippen LogP contribution in [0.4, 0.5) is 13.2 Å². The molecule has 1 aromatic heterocycles. The number of carbonyl (C=O) groups excluding carboxylic acids is 1. The summed E-state index contributed by atoms with van der Waals surface area (Å²) < 4.78 is 44.5. The number of thioether (sulfide) groups is 1. The Labute approximate surface area is 123 Å². The number of fused-ring (bicyclic) bond motifs is 1. The molecule has 1 heterocycles. The Balaban J connectivity index is 2.26. The van der Waals surface area contributed by atoms with Gasteiger partial charge in [0.1, 0.15) is 5.25 Å². The van der Waals surface area contributed by atoms with Crippen molar-refractivity contribution in [3.05, 3.63) is 36.0 Å². The molecule has 0 bridgehead atoms. The quantitative estimate of drug-likeness (QED) is 0.845. The zero-order chi connectivity index (χ0) is 15.5. The first-order valence-corrected chi connectivity index (χ1v) is 7.38. The minimum atomic E-state index is -4.44. The highest BCUT2D eigenvalue weighted by Crippen LogP contribution is 2.45. The van der Waals surface area contributed by atoms with Crippen LogP contribution in [-0.2, 0) is 9.53 Å². The van der Waals surface area contributed by atoms with Crippen molar-refractivity contribution in [3.8, 4) is 0 Å². The summed E-state index contributed by atoms with van der Waals surface area (Å²) in [5.74, 6) is -0.978. The predicted octanol–water partition coefficient (Wildman–Crippen LogP) is 4.07. The normalized spacial score (nSPS) is 13.3. The van der Waals surface area contributed by atoms with Crippen LogP contribution in [0.1, 0.15) is 17.7 Å². The molecule has 0 unspecified atom stereocenters. The van der Waals surface area contributed by atoms with Gasteiger partial charge < -0.3 is 9.72 Å². The summed E-state index contributed by atoms with van der Waals surface area (Å²) in [6.07, 6.45) is -3.09. The Morgan fingerprint density at radius 3 is 2.76 bits per heavy atom. The molecule has 0 spiro atoms. The van der Waals surface area contributed by atoms with E-state index < -0.39 is 17.4 Å². The third kappa shape index (κ3) is 3.72. The molecule has 21 heavy (non-hydrogen) atoms. The Morgan fingerprint density at radius 2 is 2.10 bits per heavy atom. The van der Waals surface area contributed by atoms with Gasteiger partial charge in [0.05, 0.1) is 12.4 Å². The maximum absolute atomic E-state index is 13.3. The topological polar surface area (TPSA) is 42.1 Å². The fraction of sp³-hybridized carbons (Fsp3) is 0.357. The van der Waals surface area contributed by atoms with Gasteiger partial charge in [-0.1, -0.05) is 18.2 Å². The van der Waals surface area contributed by atoms with Crippen molar-refractivity contribution in [1.82, 2.24) is 4.98 Å². The molecular weight excluding hydrogens is 303 g/mol. The third-order valence-electron chi connectivity index (χ3n) is 2.87. The van der Waals surface area contributed by atoms with Gasteiger partial charge in [-0.05, 0) is 18.6 Å². The van der Waals surface area contributed by atoms with E-state index in [9.17, 15) is 18.0 Å². The number of para-hydroxylation sites is 1. The number of hydrogen-bond donors (Lipinski definition) is 1. The van der Waals surface area contributed by atoms with Gasteiger partial charge in [-0.3, -0.25) is 4.79 Å². The van der Waals surface area contributed by atoms with E-state index in [0.717, 1.165) is 0 Å². The Morgan fingerprint density at radius 1 is 1.38 bits per heavy atom. The van der Waals surface area contributed by atoms with Crippen LogP contribution in [0.2, 0.25) is 0 Å². The van der Waals surface area contributed by atoms with Crippen LogP contribution in [0.15, 0.2) is 30.5 Å². The minimum absolute atomic E-state index is 0.132. The van der Waals surface area contributed by atoms with E-state index in [-0.39, 0.29) is 17.9 Å². The predicted molar refractivity (Wildman–Crippen MR) is 76.2 cm³/mol. The highest BCUT2D eigenvalue weighted by Gasteiger charge is 2.42. The van der Waals surface area contributed by atoms with Crippen LogP contribution in [0, 0.1) is 0 Å². The molecule has 0 saturated heterocycles. The van der Waals surface area contributed by atoms with E-state index in [0.29, 0.717) is 22.7 Å². The molecule has 0 aliphatic rings. The molecule has 1 atom stereocenters. The van der Waals surface area contributed by atoms with Crippen molar-refractivity contribution in [2.45, 2.75) is 18.3 Å². The number of halogens is 3. The summed E-state index contributed by atoms with van der Waals surface area (Å²) in [6, 6.07) is 6.77. The van der Waals surface area contributed by atoms with Gasteiger partial charge in [0, 0.05) is 17.1 Å². The molecule has 2 rings (SSSR count). The summed E-state index contributed by atoms with van der Waals surface area (Å²) in [4.78, 5) is 14.1. The molecule has 0 saturated carbocycles. The molecule has 0 radical (unpaired) electrons. The molecule has 1 N–H and O–H groups in total. The summed E-state index contributed by atoms with van der Waals surface area (Å²) in [6.45, 7) is 1.77. The average molecular weight is 317 g/mol. The highest BCUT2D eigenvalue weighted by molar-refractivity contribution is 8.00. The largest absolute Gasteiger partial charge is 0.465 e. The van der Waals surface area contributed by atoms with E-state index in [1.807, 2.05) is 0 Å². The third-order valence-corrected chi connectivity index (χ3v) is 4.13. The molecule has 7 heteroatoms. The number of alkyl halides is 3. The second-order valence-corrected chi connectivity index (χ2v) is 5.42. The van der Waals surface area contributed by atoms with Crippen molar-refractivity contribution in [2.24, 2.45) is 0 Å². The first-order valence-electron chi connectivity index (χ1n) is 6.33. The Bertz CT molecular complexity index is 624. The number of hydrogen-bond acceptors (Lipinski definition) is 3. The molecule has 0 fully saturated rings. The van der Waals surface area contributed by atoms with E-state index >= 15 is 0 Å². The number of esters is 1. The van der Waals surface area contributed by atoms with E-state index in [1.165, 1.54) is 6.20 Å². The average Bonchev–Trinajstić information content (AvgIpc) is 2.82. The van der Waals surface area contributed by atoms with Gasteiger partial charge >= 0.3 is 12.1 Å². The van der Waals surface area contributed by atoms with Crippen molar-refractivity contribution in [2.75, 3.05) is 12.4 Å². The monoisotopic (exact) mass is 317 g/mol. The lowest BCUT2D eigenvalue weighted by atomic mass is 10.1. The minimum Gasteiger partial charge on any atom is -0.465 e. The fourth-order valence-corrected chi connectivity index (χ4v) is 2.98. The molecule has 3 nitrogen and oxygen atoms in total. The van der Waals surface area contributed by atoms with Crippen LogP contribution < -0.4 is 0 Å². The van der Waals surface area contributed by atoms with Crippen LogP contribution in [0.5, 0.6) is 0 Å². The van der Waals surface area contributed by atoms with Gasteiger partial charge in [0.2, 0.25) is 0 Å². The van der Waals surface area contributed by atoms with Crippen LogP contribution in [0.3, 0.4) is 0 Å². The van der Waals surface area contributed by atoms with E-state index in [2.05, 4.69) is 9.72 Å². The summed E-state index contributed by atoms with van der Waals surface area (Å²) >= 11 is 0.530. The maximum Gasteiger partial charge on any atom is 0.404 e. The molecule has 2 aromatic rings. The zero-order valence-electron chi connectivity index (χ0n) is 11.2. The molecule has 0 aliphatic heterocycles. The van der Waals surface area contributed by atoms with Gasteiger partial charge in [-0.25, -0.2) is 0 Å². The number of ether oxygens (including phenoxy) is 1. The fourth-order valence-electron chi connectivity index (χ4n) is 2.03. The number of benzene rings is 1. The smallest absolute Gasteiger partial charge is 0.404 e. The summed E-state index contributed by atoms with van der Waals surface area (Å²) in [7, 11) is 0. The Kier molecular flexibility index (Phi) is 4.82. The first-order chi connectivity index (χ1) is 9.93. The van der Waals surface area contributed by atoms with Gasteiger partial charge in [-0.2, -0.15) is 13.2 Å². The van der Waals surface area contributed by atoms with Crippen LogP contribution in [-0.4, -0.2) is 29.5 Å². The molecule has 0 amide bonds. The zero-order valence-corrected chi connectivity index (χ0v) is 12.1. The first kappa shape index (κ1) is 15.8. The van der Waals surface area contributed by atoms with Gasteiger partial charge in [-0.15, -0.1) is 11.8 Å². The molecule has 0 aliphatic carbocycles. The second kappa shape index (κ2) is 6.43. The molecule has 114 valence electrons. The highest BCUT2D eigenvalue weighted by atomic mass is 32.2. The van der Waals surface area contributed by atoms with E-state index in [4.69, 9.17) is 0 Å². The lowest BCUT2D eigenvalue weighted by Crippen LogP contribution is -2.20. The SMILES string of the molecule is CCOC(=O)CS[C@H](c1c[nH]c2ccccc12)C(F)(F)F. The number of aromatic nitrogens is 1. The maximum atomic E-state index is 13.3. The Hall–Kier alpha value is -1.63. The van der Waals surface area contributed by atoms with Crippen molar-refractivity contribution in [3.63, 3.8) is 0 Å². The molecular formula is C14H14F3NO2S. The van der Waals surface area contributed by atoms with Crippen LogP contribution >= 0.6 is 11.8 Å². The second-order valence-electron chi connectivity index (χ2n) is 4.33. The van der Waals surface area contributed by atoms with Crippen molar-refractivity contribution < 1.29 is 22.7 Å². The van der Waals surface area contributed by atoms with E-state index in [1.54, 1.807) is 31.2 Å². The number of nitrogens with one attached hydrogen (secondary N) is 1. The summed E-state index contributed by atoms with van der Waals surface area (Å²) in [5, 5.41) is -1.26. The lowest BCUT2D eigenvalue weighted by molar-refractivity contribution is -0.140. The number of rotatable bonds is 5. The standard InChI is InChI=1S/C14H14F3NO2S/c1-2-20-12(19)8-21-13(14(15,16)17)10-7-18-11-6-4-3-5-9(10)11/h3-7,13,18H,2,8H2,1H3/t13-/m1/s1. The number of aromatic amines is 1. The summed E-state index contributed by atoms with van der Waals surface area (Å²) in [5.41, 5.74) is 0.769. The number of carbonyl (C=O) groups is 1. The van der Waals surface area contributed by atoms with Crippen molar-refractivity contribution >= 4 is 28.6 Å². The van der Waals surface area contributed by atoms with Gasteiger partial charge in [0.25, 0.3) is 0 Å². The lowest BCUT2D eigenvalue weighted by Gasteiger charge is -2.19. The van der Waals surface area contributed by atoms with Crippen molar-refractivity contribution in [1.29, 1.82) is 0 Å². The molecule has 1 aromatic carbocycles. The number of H-pyrrole nitrogens is 1. The van der Waals surface area contributed by atoms with Crippen LogP contribution in [0.25, 0.3) is 10.9 Å².